The van der Waals surface area contributed by atoms with Crippen LogP contribution in [0.5, 0.6) is 0 Å². The summed E-state index contributed by atoms with van der Waals surface area (Å²) < 4.78 is 43.3. The summed E-state index contributed by atoms with van der Waals surface area (Å²) in [6, 6.07) is 15.1. The molecule has 2 aromatic carbocycles. The molecule has 0 spiro atoms. The molecule has 8 nitrogen and oxygen atoms in total. The third kappa shape index (κ3) is 4.47. The fraction of sp³-hybridized carbons (Fsp3) is 0.185. The third-order valence-corrected chi connectivity index (χ3v) is 6.56. The molecule has 38 heavy (non-hydrogen) atoms. The maximum absolute atomic E-state index is 13.7. The minimum atomic E-state index is -5.22. The van der Waals surface area contributed by atoms with Gasteiger partial charge in [0.05, 0.1) is 5.39 Å². The lowest BCUT2D eigenvalue weighted by molar-refractivity contribution is -0.903. The lowest BCUT2D eigenvalue weighted by atomic mass is 10.1. The second kappa shape index (κ2) is 9.33. The first-order chi connectivity index (χ1) is 18.0. The number of carbonyl (C=O) groups excluding carboxylic acids is 2. The Morgan fingerprint density at radius 2 is 1.71 bits per heavy atom. The average molecular weight is 523 g/mol. The molecule has 0 aliphatic carbocycles. The van der Waals surface area contributed by atoms with Crippen LogP contribution in [0.25, 0.3) is 16.5 Å². The van der Waals surface area contributed by atoms with Crippen LogP contribution in [-0.4, -0.2) is 39.8 Å². The summed E-state index contributed by atoms with van der Waals surface area (Å²) in [6.45, 7) is 1.69. The summed E-state index contributed by atoms with van der Waals surface area (Å²) in [5.74, 6) is -2.82. The van der Waals surface area contributed by atoms with Gasteiger partial charge in [0.2, 0.25) is 12.4 Å². The topological polar surface area (TPSA) is 86.7 Å². The van der Waals surface area contributed by atoms with E-state index in [1.165, 1.54) is 46.1 Å². The highest BCUT2D eigenvalue weighted by Crippen LogP contribution is 2.35. The summed E-state index contributed by atoms with van der Waals surface area (Å²) >= 11 is 0. The predicted molar refractivity (Wildman–Crippen MR) is 132 cm³/mol. The molecule has 1 aliphatic heterocycles. The number of halogens is 3. The quantitative estimate of drug-likeness (QED) is 0.327. The Balaban J connectivity index is 1.51. The molecular weight excluding hydrogens is 501 g/mol. The molecule has 2 unspecified atom stereocenters. The Hall–Kier alpha value is -4.67. The van der Waals surface area contributed by atoms with Crippen molar-refractivity contribution in [1.82, 2.24) is 4.57 Å². The lowest BCUT2D eigenvalue weighted by Gasteiger charge is -2.29. The van der Waals surface area contributed by atoms with Crippen molar-refractivity contribution in [2.45, 2.75) is 31.6 Å². The van der Waals surface area contributed by atoms with Gasteiger partial charge in [0, 0.05) is 46.2 Å². The van der Waals surface area contributed by atoms with Crippen LogP contribution >= 0.6 is 0 Å². The van der Waals surface area contributed by atoms with E-state index in [4.69, 9.17) is 0 Å². The molecule has 1 aliphatic rings. The van der Waals surface area contributed by atoms with Crippen LogP contribution in [0.3, 0.4) is 0 Å². The van der Waals surface area contributed by atoms with Crippen LogP contribution in [-0.2, 0) is 9.59 Å². The first-order valence-corrected chi connectivity index (χ1v) is 11.7. The predicted octanol–water partition coefficient (Wildman–Crippen LogP) is 3.60. The summed E-state index contributed by atoms with van der Waals surface area (Å²) in [6.07, 6.45) is -1.00. The molecule has 0 bridgehead atoms. The molecule has 1 N–H and O–H groups in total. The van der Waals surface area contributed by atoms with Gasteiger partial charge in [-0.1, -0.05) is 12.1 Å². The number of fused-ring (bicyclic) bond motifs is 1. The zero-order valence-corrected chi connectivity index (χ0v) is 20.0. The van der Waals surface area contributed by atoms with Crippen LogP contribution in [0.2, 0.25) is 0 Å². The van der Waals surface area contributed by atoms with E-state index in [9.17, 15) is 32.8 Å². The Kier molecular flexibility index (Phi) is 6.14. The summed E-state index contributed by atoms with van der Waals surface area (Å²) in [4.78, 5) is 40.2. The largest absolute Gasteiger partial charge is 0.471 e. The van der Waals surface area contributed by atoms with E-state index >= 15 is 0 Å². The average Bonchev–Trinajstić information content (AvgIpc) is 3.17. The highest BCUT2D eigenvalue weighted by atomic mass is 19.4. The minimum absolute atomic E-state index is 0.0344. The van der Waals surface area contributed by atoms with E-state index in [2.05, 4.69) is 0 Å². The van der Waals surface area contributed by atoms with Crippen molar-refractivity contribution in [3.63, 3.8) is 0 Å². The van der Waals surface area contributed by atoms with Gasteiger partial charge in [0.25, 0.3) is 11.5 Å². The zero-order chi connectivity index (χ0) is 27.2. The van der Waals surface area contributed by atoms with E-state index in [0.29, 0.717) is 27.0 Å². The molecule has 3 heterocycles. The van der Waals surface area contributed by atoms with Crippen LogP contribution in [0, 0.1) is 0 Å². The van der Waals surface area contributed by atoms with Gasteiger partial charge in [-0.15, -0.1) is 0 Å². The first kappa shape index (κ1) is 25.0. The number of hydrogen-bond donors (Lipinski definition) is 1. The molecule has 0 radical (unpaired) electrons. The SMILES string of the molecule is CC1CC(N(C(=O)C(F)(F)F)c2ccc3cc[n+](O)cc3c2)C(=O)N1c1ccc(-n2ccccc2=O)cc1. The molecule has 1 saturated heterocycles. The van der Waals surface area contributed by atoms with Gasteiger partial charge >= 0.3 is 12.1 Å². The Morgan fingerprint density at radius 1 is 1.00 bits per heavy atom. The highest BCUT2D eigenvalue weighted by Gasteiger charge is 2.51. The summed E-state index contributed by atoms with van der Waals surface area (Å²) in [5, 5.41) is 10.7. The zero-order valence-electron chi connectivity index (χ0n) is 20.0. The maximum Gasteiger partial charge on any atom is 0.471 e. The summed E-state index contributed by atoms with van der Waals surface area (Å²) in [7, 11) is 0. The number of pyridine rings is 2. The smallest absolute Gasteiger partial charge is 0.308 e. The number of hydrogen-bond acceptors (Lipinski definition) is 4. The van der Waals surface area contributed by atoms with E-state index in [0.717, 1.165) is 4.73 Å². The fourth-order valence-electron chi connectivity index (χ4n) is 4.81. The van der Waals surface area contributed by atoms with E-state index in [1.54, 1.807) is 55.6 Å². The van der Waals surface area contributed by atoms with Crippen LogP contribution in [0.4, 0.5) is 24.5 Å². The first-order valence-electron chi connectivity index (χ1n) is 11.7. The molecule has 194 valence electrons. The normalized spacial score (nSPS) is 17.7. The minimum Gasteiger partial charge on any atom is -0.308 e. The molecular formula is C27H22F3N4O4+. The molecule has 5 rings (SSSR count). The van der Waals surface area contributed by atoms with Gasteiger partial charge in [-0.25, -0.2) is 0 Å². The highest BCUT2D eigenvalue weighted by molar-refractivity contribution is 6.10. The maximum atomic E-state index is 13.7. The number of anilines is 2. The Morgan fingerprint density at radius 3 is 2.39 bits per heavy atom. The molecule has 4 aromatic rings. The van der Waals surface area contributed by atoms with Crippen LogP contribution < -0.4 is 20.1 Å². The molecule has 1 fully saturated rings. The van der Waals surface area contributed by atoms with Gasteiger partial charge < -0.3 is 4.90 Å². The number of amides is 2. The fourth-order valence-corrected chi connectivity index (χ4v) is 4.81. The third-order valence-electron chi connectivity index (χ3n) is 6.56. The Bertz CT molecular complexity index is 1600. The number of carbonyl (C=O) groups is 2. The van der Waals surface area contributed by atoms with E-state index in [1.807, 2.05) is 0 Å². The molecule has 11 heteroatoms. The van der Waals surface area contributed by atoms with Crippen LogP contribution in [0.15, 0.2) is 90.1 Å². The number of rotatable bonds is 4. The van der Waals surface area contributed by atoms with Gasteiger partial charge in [-0.05, 0) is 61.2 Å². The monoisotopic (exact) mass is 523 g/mol. The molecule has 0 saturated carbocycles. The molecule has 2 amide bonds. The number of nitrogens with zero attached hydrogens (tertiary/aromatic N) is 4. The van der Waals surface area contributed by atoms with Gasteiger partial charge in [-0.2, -0.15) is 13.2 Å². The van der Waals surface area contributed by atoms with Crippen molar-refractivity contribution in [3.8, 4) is 5.69 Å². The van der Waals surface area contributed by atoms with E-state index < -0.39 is 30.1 Å². The van der Waals surface area contributed by atoms with Crippen molar-refractivity contribution in [1.29, 1.82) is 0 Å². The van der Waals surface area contributed by atoms with Gasteiger partial charge in [-0.3, -0.25) is 29.1 Å². The lowest BCUT2D eigenvalue weighted by Crippen LogP contribution is -2.50. The van der Waals surface area contributed by atoms with Crippen molar-refractivity contribution < 1.29 is 32.7 Å². The van der Waals surface area contributed by atoms with Crippen LogP contribution in [0.1, 0.15) is 13.3 Å². The van der Waals surface area contributed by atoms with Crippen molar-refractivity contribution in [2.75, 3.05) is 9.80 Å². The Labute approximate surface area is 214 Å². The van der Waals surface area contributed by atoms with Gasteiger partial charge in [0.15, 0.2) is 0 Å². The van der Waals surface area contributed by atoms with Crippen molar-refractivity contribution >= 4 is 34.0 Å². The van der Waals surface area contributed by atoms with Gasteiger partial charge in [0.1, 0.15) is 6.04 Å². The second-order valence-corrected chi connectivity index (χ2v) is 9.05. The number of alkyl halides is 3. The number of aromatic nitrogens is 2. The van der Waals surface area contributed by atoms with E-state index in [-0.39, 0.29) is 17.7 Å². The van der Waals surface area contributed by atoms with Crippen molar-refractivity contribution in [3.05, 3.63) is 95.7 Å². The number of benzene rings is 2. The standard InChI is InChI=1S/C27H22F3N4O4/c1-17-14-23(25(36)33(17)21-9-7-20(8-10-21)32-12-3-2-4-24(32)35)34(26(37)27(28,29)30)22-6-5-18-11-13-31(38)16-19(18)15-22/h2-13,15-17,23,38H,14H2,1H3/q+1. The molecule has 2 atom stereocenters. The molecule has 2 aromatic heterocycles. The summed E-state index contributed by atoms with van der Waals surface area (Å²) in [5.41, 5.74) is 0.630. The second-order valence-electron chi connectivity index (χ2n) is 9.05. The van der Waals surface area contributed by atoms with Crippen molar-refractivity contribution in [2.24, 2.45) is 0 Å².